The summed E-state index contributed by atoms with van der Waals surface area (Å²) in [4.78, 5) is 43.4. The fourth-order valence-corrected chi connectivity index (χ4v) is 6.97. The van der Waals surface area contributed by atoms with E-state index < -0.39 is 0 Å². The summed E-state index contributed by atoms with van der Waals surface area (Å²) in [5.74, 6) is -0.149. The first-order valence-corrected chi connectivity index (χ1v) is 22.6. The van der Waals surface area contributed by atoms with Crippen LogP contribution in [0.5, 0.6) is 0 Å². The van der Waals surface area contributed by atoms with Crippen LogP contribution in [0.1, 0.15) is 227 Å². The minimum atomic E-state index is -0.135. The normalized spacial score (nSPS) is 11.6. The molecule has 0 saturated carbocycles. The molecule has 0 unspecified atom stereocenters. The lowest BCUT2D eigenvalue weighted by Gasteiger charge is -2.24. The van der Waals surface area contributed by atoms with Crippen LogP contribution in [-0.4, -0.2) is 73.6 Å². The number of hydrogen-bond donors (Lipinski definition) is 0. The predicted octanol–water partition coefficient (Wildman–Crippen LogP) is 12.4. The lowest BCUT2D eigenvalue weighted by molar-refractivity contribution is -0.150. The van der Waals surface area contributed by atoms with E-state index in [1.165, 1.54) is 103 Å². The Morgan fingerprint density at radius 1 is 0.404 bits per heavy atom. The Kier molecular flexibility index (Phi) is 36.5. The topological polar surface area (TPSA) is 76.1 Å². The van der Waals surface area contributed by atoms with E-state index in [0.29, 0.717) is 45.2 Å². The molecule has 0 atom stereocenters. The molecule has 0 N–H and O–H groups in total. The van der Waals surface area contributed by atoms with Crippen LogP contribution in [0.25, 0.3) is 0 Å². The number of hydrogen-bond acceptors (Lipinski definition) is 6. The van der Waals surface area contributed by atoms with E-state index in [1.54, 1.807) is 0 Å². The number of rotatable bonds is 39. The minimum Gasteiger partial charge on any atom is -0.462 e. The molecule has 0 fully saturated rings. The van der Waals surface area contributed by atoms with Gasteiger partial charge in [-0.05, 0) is 97.7 Å². The van der Waals surface area contributed by atoms with Crippen LogP contribution in [0.2, 0.25) is 0 Å². The summed E-state index contributed by atoms with van der Waals surface area (Å²) >= 11 is 0. The molecule has 308 valence electrons. The van der Waals surface area contributed by atoms with Crippen LogP contribution in [0.15, 0.2) is 0 Å². The van der Waals surface area contributed by atoms with Crippen molar-refractivity contribution in [2.45, 2.75) is 239 Å². The van der Waals surface area contributed by atoms with Gasteiger partial charge in [0.2, 0.25) is 5.91 Å². The van der Waals surface area contributed by atoms with Gasteiger partial charge in [-0.2, -0.15) is 0 Å². The highest BCUT2D eigenvalue weighted by atomic mass is 16.5. The first kappa shape index (κ1) is 50.4. The number of carbonyl (C=O) groups is 3. The third-order valence-electron chi connectivity index (χ3n) is 10.3. The molecule has 0 aliphatic carbocycles. The molecule has 1 amide bonds. The van der Waals surface area contributed by atoms with Crippen molar-refractivity contribution in [3.8, 4) is 0 Å². The van der Waals surface area contributed by atoms with Crippen LogP contribution in [0.4, 0.5) is 0 Å². The number of amides is 1. The zero-order valence-corrected chi connectivity index (χ0v) is 35.6. The van der Waals surface area contributed by atoms with Gasteiger partial charge in [0.15, 0.2) is 0 Å². The largest absolute Gasteiger partial charge is 0.462 e. The Hall–Kier alpha value is -1.63. The highest BCUT2D eigenvalue weighted by molar-refractivity contribution is 5.76. The molecule has 0 bridgehead atoms. The van der Waals surface area contributed by atoms with Crippen LogP contribution in [0.3, 0.4) is 0 Å². The van der Waals surface area contributed by atoms with Gasteiger partial charge in [0.25, 0.3) is 0 Å². The van der Waals surface area contributed by atoms with Gasteiger partial charge < -0.3 is 19.3 Å². The Bertz CT molecular complexity index is 740. The second-order valence-corrected chi connectivity index (χ2v) is 15.9. The first-order chi connectivity index (χ1) is 25.3. The molecule has 52 heavy (non-hydrogen) atoms. The van der Waals surface area contributed by atoms with E-state index in [2.05, 4.69) is 46.7 Å². The number of ether oxygens (including phenoxy) is 2. The lowest BCUT2D eigenvalue weighted by Crippen LogP contribution is -2.34. The quantitative estimate of drug-likeness (QED) is 0.0462. The van der Waals surface area contributed by atoms with E-state index in [-0.39, 0.29) is 30.1 Å². The second-order valence-electron chi connectivity index (χ2n) is 15.9. The van der Waals surface area contributed by atoms with Gasteiger partial charge in [0.05, 0.1) is 0 Å². The fourth-order valence-electron chi connectivity index (χ4n) is 6.97. The number of carbonyl (C=O) groups excluding carboxylic acids is 3. The smallest absolute Gasteiger partial charge is 0.306 e. The zero-order valence-electron chi connectivity index (χ0n) is 35.6. The molecule has 0 aliphatic heterocycles. The van der Waals surface area contributed by atoms with Gasteiger partial charge in [0, 0.05) is 32.4 Å². The van der Waals surface area contributed by atoms with Gasteiger partial charge in [-0.1, -0.05) is 130 Å². The Morgan fingerprint density at radius 2 is 0.750 bits per heavy atom. The summed E-state index contributed by atoms with van der Waals surface area (Å²) in [6.45, 7) is 10.9. The van der Waals surface area contributed by atoms with Crippen molar-refractivity contribution in [3.63, 3.8) is 0 Å². The van der Waals surface area contributed by atoms with Crippen LogP contribution < -0.4 is 0 Å². The highest BCUT2D eigenvalue weighted by Gasteiger charge is 2.19. The molecular formula is C45H88N2O5. The summed E-state index contributed by atoms with van der Waals surface area (Å²) in [7, 11) is 4.11. The van der Waals surface area contributed by atoms with Crippen molar-refractivity contribution >= 4 is 17.8 Å². The van der Waals surface area contributed by atoms with E-state index >= 15 is 0 Å². The summed E-state index contributed by atoms with van der Waals surface area (Å²) in [6, 6.07) is 0. The summed E-state index contributed by atoms with van der Waals surface area (Å²) in [5, 5.41) is 0. The average molecular weight is 737 g/mol. The Balaban J connectivity index is 5.08. The van der Waals surface area contributed by atoms with Crippen LogP contribution >= 0.6 is 0 Å². The third kappa shape index (κ3) is 33.0. The average Bonchev–Trinajstić information content (AvgIpc) is 3.11. The maximum atomic E-state index is 13.3. The third-order valence-corrected chi connectivity index (χ3v) is 10.3. The maximum Gasteiger partial charge on any atom is 0.306 e. The van der Waals surface area contributed by atoms with Crippen molar-refractivity contribution in [1.82, 2.24) is 9.80 Å². The Labute approximate surface area is 323 Å². The molecule has 0 heterocycles. The van der Waals surface area contributed by atoms with E-state index in [1.807, 2.05) is 4.90 Å². The lowest BCUT2D eigenvalue weighted by atomic mass is 10.0. The second kappa shape index (κ2) is 37.7. The van der Waals surface area contributed by atoms with Gasteiger partial charge in [-0.3, -0.25) is 14.4 Å². The van der Waals surface area contributed by atoms with Gasteiger partial charge in [-0.25, -0.2) is 0 Å². The van der Waals surface area contributed by atoms with Gasteiger partial charge in [0.1, 0.15) is 12.2 Å². The Morgan fingerprint density at radius 3 is 1.08 bits per heavy atom. The number of esters is 2. The molecule has 0 aliphatic rings. The van der Waals surface area contributed by atoms with Crippen LogP contribution in [-0.2, 0) is 23.9 Å². The van der Waals surface area contributed by atoms with Gasteiger partial charge >= 0.3 is 11.9 Å². The fraction of sp³-hybridized carbons (Fsp3) is 0.933. The SMILES string of the molecule is CCCCCCCC(CCCCCCC)OC(=O)CCCN(CCCC(=O)OC(CCCCCCC)CCCCCCC)C(=O)CCCCN(C)C. The van der Waals surface area contributed by atoms with Crippen molar-refractivity contribution in [1.29, 1.82) is 0 Å². The molecule has 0 rings (SSSR count). The number of unbranched alkanes of at least 4 members (excludes halogenated alkanes) is 17. The number of nitrogens with zero attached hydrogens (tertiary/aromatic N) is 2. The molecule has 0 saturated heterocycles. The molecule has 0 radical (unpaired) electrons. The molecule has 0 aromatic heterocycles. The molecule has 0 aromatic carbocycles. The van der Waals surface area contributed by atoms with E-state index in [9.17, 15) is 14.4 Å². The predicted molar refractivity (Wildman–Crippen MR) is 221 cm³/mol. The summed E-state index contributed by atoms with van der Waals surface area (Å²) in [5.41, 5.74) is 0. The zero-order chi connectivity index (χ0) is 38.5. The van der Waals surface area contributed by atoms with Crippen LogP contribution in [0, 0.1) is 0 Å². The molecule has 0 aromatic rings. The maximum absolute atomic E-state index is 13.3. The van der Waals surface area contributed by atoms with Crippen molar-refractivity contribution in [3.05, 3.63) is 0 Å². The van der Waals surface area contributed by atoms with Gasteiger partial charge in [-0.15, -0.1) is 0 Å². The van der Waals surface area contributed by atoms with E-state index in [0.717, 1.165) is 70.8 Å². The minimum absolute atomic E-state index is 0.00713. The van der Waals surface area contributed by atoms with E-state index in [4.69, 9.17) is 9.47 Å². The van der Waals surface area contributed by atoms with Crippen molar-refractivity contribution < 1.29 is 23.9 Å². The monoisotopic (exact) mass is 737 g/mol. The summed E-state index contributed by atoms with van der Waals surface area (Å²) in [6.07, 6.45) is 32.3. The standard InChI is InChI=1S/C45H88N2O5/c1-7-11-15-19-23-31-41(32-24-20-16-12-8-2)51-44(49)36-29-39-47(43(48)35-27-28-38-46(5)6)40-30-37-45(50)52-42(33-25-21-17-13-9-3)34-26-22-18-14-10-4/h41-42H,7-40H2,1-6H3. The summed E-state index contributed by atoms with van der Waals surface area (Å²) < 4.78 is 12.1. The molecule has 0 spiro atoms. The van der Waals surface area contributed by atoms with Crippen molar-refractivity contribution in [2.75, 3.05) is 33.7 Å². The highest BCUT2D eigenvalue weighted by Crippen LogP contribution is 2.19. The molecular weight excluding hydrogens is 649 g/mol. The van der Waals surface area contributed by atoms with Crippen molar-refractivity contribution in [2.24, 2.45) is 0 Å². The molecule has 7 heteroatoms. The first-order valence-electron chi connectivity index (χ1n) is 22.6. The molecule has 7 nitrogen and oxygen atoms in total.